The van der Waals surface area contributed by atoms with Crippen LogP contribution in [0.2, 0.25) is 0 Å². The van der Waals surface area contributed by atoms with Crippen LogP contribution in [0.3, 0.4) is 0 Å². The van der Waals surface area contributed by atoms with Crippen molar-refractivity contribution in [3.63, 3.8) is 0 Å². The fraction of sp³-hybridized carbons (Fsp3) is 0.391. The normalized spacial score (nSPS) is 21.7. The molecule has 1 fully saturated rings. The lowest BCUT2D eigenvalue weighted by atomic mass is 10.1. The number of hydrogen-bond donors (Lipinski definition) is 1. The van der Waals surface area contributed by atoms with E-state index in [2.05, 4.69) is 11.4 Å². The van der Waals surface area contributed by atoms with Crippen LogP contribution >= 0.6 is 11.8 Å². The Morgan fingerprint density at radius 1 is 1.06 bits per heavy atom. The van der Waals surface area contributed by atoms with Crippen molar-refractivity contribution < 1.29 is 13.2 Å². The highest BCUT2D eigenvalue weighted by molar-refractivity contribution is 8.14. The summed E-state index contributed by atoms with van der Waals surface area (Å²) in [7, 11) is -3.11. The maximum atomic E-state index is 12.7. The molecule has 8 heteroatoms. The number of amides is 1. The van der Waals surface area contributed by atoms with Crippen molar-refractivity contribution in [1.29, 1.82) is 0 Å². The zero-order valence-corrected chi connectivity index (χ0v) is 19.8. The number of carbonyl (C=O) groups is 1. The highest BCUT2D eigenvalue weighted by Crippen LogP contribution is 2.36. The summed E-state index contributed by atoms with van der Waals surface area (Å²) in [6, 6.07) is 11.5. The van der Waals surface area contributed by atoms with Gasteiger partial charge in [-0.05, 0) is 62.1 Å². The minimum Gasteiger partial charge on any atom is -0.325 e. The summed E-state index contributed by atoms with van der Waals surface area (Å²) in [6.45, 7) is 8.03. The summed E-state index contributed by atoms with van der Waals surface area (Å²) in [6.07, 6.45) is 0. The second kappa shape index (κ2) is 8.31. The first-order valence-corrected chi connectivity index (χ1v) is 13.1. The molecule has 0 unspecified atom stereocenters. The molecule has 31 heavy (non-hydrogen) atoms. The van der Waals surface area contributed by atoms with E-state index in [0.717, 1.165) is 28.1 Å². The highest BCUT2D eigenvalue weighted by atomic mass is 32.2. The number of carbonyl (C=O) groups excluding carboxylic acids is 1. The van der Waals surface area contributed by atoms with Gasteiger partial charge in [-0.15, -0.1) is 0 Å². The molecule has 0 aliphatic carbocycles. The Hall–Kier alpha value is -2.32. The molecule has 4 rings (SSSR count). The number of aliphatic imine (C=N–C) groups is 1. The Labute approximate surface area is 188 Å². The summed E-state index contributed by atoms with van der Waals surface area (Å²) in [5.74, 6) is 0.264. The molecule has 2 aliphatic heterocycles. The van der Waals surface area contributed by atoms with Crippen molar-refractivity contribution in [2.75, 3.05) is 27.5 Å². The van der Waals surface area contributed by atoms with E-state index < -0.39 is 9.84 Å². The zero-order chi connectivity index (χ0) is 22.3. The quantitative estimate of drug-likeness (QED) is 0.758. The third-order valence-electron chi connectivity index (χ3n) is 5.95. The molecular weight excluding hydrogens is 430 g/mol. The lowest BCUT2D eigenvalue weighted by Crippen LogP contribution is -2.39. The fourth-order valence-corrected chi connectivity index (χ4v) is 6.89. The Bertz CT molecular complexity index is 1150. The standard InChI is InChI=1S/C23H27N3O3S2/c1-14-8-9-18(10-17(14)4)26-20-13-31(28,29)12-19(20)24-23(26)30-11-21(27)25-22-15(2)6-5-7-16(22)3/h5-10,19-20H,11-13H2,1-4H3,(H,25,27)/t19-,20+/m0/s1. The highest BCUT2D eigenvalue weighted by Gasteiger charge is 2.47. The van der Waals surface area contributed by atoms with E-state index in [4.69, 9.17) is 4.99 Å². The Kier molecular flexibility index (Phi) is 5.87. The van der Waals surface area contributed by atoms with Crippen LogP contribution in [0.25, 0.3) is 0 Å². The van der Waals surface area contributed by atoms with E-state index in [1.165, 1.54) is 17.3 Å². The average molecular weight is 458 g/mol. The van der Waals surface area contributed by atoms with E-state index in [1.807, 2.05) is 62.9 Å². The van der Waals surface area contributed by atoms with Gasteiger partial charge in [-0.1, -0.05) is 36.0 Å². The van der Waals surface area contributed by atoms with Crippen molar-refractivity contribution in [3.05, 3.63) is 58.7 Å². The number of sulfone groups is 1. The third kappa shape index (κ3) is 4.50. The minimum absolute atomic E-state index is 0.0671. The second-order valence-electron chi connectivity index (χ2n) is 8.37. The monoisotopic (exact) mass is 457 g/mol. The van der Waals surface area contributed by atoms with Crippen molar-refractivity contribution in [1.82, 2.24) is 0 Å². The largest absolute Gasteiger partial charge is 0.325 e. The number of aryl methyl sites for hydroxylation is 4. The van der Waals surface area contributed by atoms with E-state index in [1.54, 1.807) is 0 Å². The number of para-hydroxylation sites is 1. The molecule has 2 aliphatic rings. The summed E-state index contributed by atoms with van der Waals surface area (Å²) in [5, 5.41) is 3.72. The summed E-state index contributed by atoms with van der Waals surface area (Å²) >= 11 is 1.36. The van der Waals surface area contributed by atoms with Crippen molar-refractivity contribution in [2.24, 2.45) is 4.99 Å². The van der Waals surface area contributed by atoms with Crippen LogP contribution in [0.5, 0.6) is 0 Å². The molecule has 0 spiro atoms. The number of anilines is 2. The van der Waals surface area contributed by atoms with Gasteiger partial charge in [0.1, 0.15) is 0 Å². The number of hydrogen-bond acceptors (Lipinski definition) is 6. The van der Waals surface area contributed by atoms with Gasteiger partial charge in [0.05, 0.1) is 29.3 Å². The lowest BCUT2D eigenvalue weighted by molar-refractivity contribution is -0.113. The van der Waals surface area contributed by atoms with Gasteiger partial charge in [0.15, 0.2) is 15.0 Å². The number of benzene rings is 2. The molecule has 0 bridgehead atoms. The Balaban J connectivity index is 1.54. The predicted octanol–water partition coefficient (Wildman–Crippen LogP) is 3.63. The fourth-order valence-electron chi connectivity index (χ4n) is 4.13. The van der Waals surface area contributed by atoms with Crippen LogP contribution in [-0.4, -0.2) is 48.8 Å². The molecule has 2 heterocycles. The molecule has 2 atom stereocenters. The van der Waals surface area contributed by atoms with Crippen LogP contribution in [0.15, 0.2) is 41.4 Å². The predicted molar refractivity (Wildman–Crippen MR) is 129 cm³/mol. The molecule has 2 aromatic carbocycles. The van der Waals surface area contributed by atoms with Gasteiger partial charge in [0.25, 0.3) is 0 Å². The number of nitrogens with one attached hydrogen (secondary N) is 1. The number of amidine groups is 1. The first-order valence-electron chi connectivity index (χ1n) is 10.3. The Morgan fingerprint density at radius 2 is 1.77 bits per heavy atom. The third-order valence-corrected chi connectivity index (χ3v) is 8.62. The first-order chi connectivity index (χ1) is 14.6. The van der Waals surface area contributed by atoms with Crippen molar-refractivity contribution in [3.8, 4) is 0 Å². The zero-order valence-electron chi connectivity index (χ0n) is 18.2. The van der Waals surface area contributed by atoms with E-state index in [9.17, 15) is 13.2 Å². The smallest absolute Gasteiger partial charge is 0.234 e. The number of fused-ring (bicyclic) bond motifs is 1. The molecule has 1 saturated heterocycles. The molecule has 1 N–H and O–H groups in total. The molecule has 0 saturated carbocycles. The van der Waals surface area contributed by atoms with Crippen LogP contribution in [0.1, 0.15) is 22.3 Å². The molecule has 1 amide bonds. The number of rotatable bonds is 4. The second-order valence-corrected chi connectivity index (χ2v) is 11.5. The van der Waals surface area contributed by atoms with Crippen molar-refractivity contribution >= 4 is 44.0 Å². The molecule has 2 aromatic rings. The van der Waals surface area contributed by atoms with Crippen LogP contribution in [0, 0.1) is 27.7 Å². The summed E-state index contributed by atoms with van der Waals surface area (Å²) < 4.78 is 24.4. The van der Waals surface area contributed by atoms with Crippen LogP contribution in [-0.2, 0) is 14.6 Å². The van der Waals surface area contributed by atoms with Gasteiger partial charge in [0, 0.05) is 11.4 Å². The Morgan fingerprint density at radius 3 is 2.45 bits per heavy atom. The van der Waals surface area contributed by atoms with Gasteiger partial charge in [-0.2, -0.15) is 0 Å². The van der Waals surface area contributed by atoms with Crippen LogP contribution < -0.4 is 10.2 Å². The maximum Gasteiger partial charge on any atom is 0.234 e. The summed E-state index contributed by atoms with van der Waals surface area (Å²) in [4.78, 5) is 19.4. The van der Waals surface area contributed by atoms with E-state index >= 15 is 0 Å². The van der Waals surface area contributed by atoms with Gasteiger partial charge >= 0.3 is 0 Å². The summed E-state index contributed by atoms with van der Waals surface area (Å²) in [5.41, 5.74) is 6.13. The molecular formula is C23H27N3O3S2. The minimum atomic E-state index is -3.11. The maximum absolute atomic E-state index is 12.7. The molecule has 6 nitrogen and oxygen atoms in total. The van der Waals surface area contributed by atoms with Crippen LogP contribution in [0.4, 0.5) is 11.4 Å². The van der Waals surface area contributed by atoms with E-state index in [-0.39, 0.29) is 35.2 Å². The van der Waals surface area contributed by atoms with Gasteiger partial charge < -0.3 is 10.2 Å². The van der Waals surface area contributed by atoms with Gasteiger partial charge in [-0.25, -0.2) is 8.42 Å². The number of thioether (sulfide) groups is 1. The lowest BCUT2D eigenvalue weighted by Gasteiger charge is -2.27. The first kappa shape index (κ1) is 21.9. The molecule has 0 radical (unpaired) electrons. The van der Waals surface area contributed by atoms with E-state index in [0.29, 0.717) is 5.17 Å². The van der Waals surface area contributed by atoms with Gasteiger partial charge in [0.2, 0.25) is 5.91 Å². The topological polar surface area (TPSA) is 78.8 Å². The van der Waals surface area contributed by atoms with Gasteiger partial charge in [-0.3, -0.25) is 9.79 Å². The molecule has 0 aromatic heterocycles. The SMILES string of the molecule is Cc1ccc(N2C(SCC(=O)Nc3c(C)cccc3C)=N[C@H]3CS(=O)(=O)C[C@H]32)cc1C. The average Bonchev–Trinajstić information content (AvgIpc) is 3.16. The number of nitrogens with zero attached hydrogens (tertiary/aromatic N) is 2. The molecule has 164 valence electrons. The van der Waals surface area contributed by atoms with Crippen molar-refractivity contribution in [2.45, 2.75) is 39.8 Å².